The highest BCUT2D eigenvalue weighted by Crippen LogP contribution is 2.22. The quantitative estimate of drug-likeness (QED) is 0.0899. The number of aromatic amines is 1. The van der Waals surface area contributed by atoms with Gasteiger partial charge in [-0.05, 0) is 74.2 Å². The first-order chi connectivity index (χ1) is 25.1. The van der Waals surface area contributed by atoms with Gasteiger partial charge in [-0.15, -0.1) is 0 Å². The number of ether oxygens (including phenoxy) is 2. The lowest BCUT2D eigenvalue weighted by Gasteiger charge is -2.31. The highest BCUT2D eigenvalue weighted by molar-refractivity contribution is 5.86. The van der Waals surface area contributed by atoms with Crippen molar-refractivity contribution < 1.29 is 28.7 Å². The Morgan fingerprint density at radius 1 is 1.02 bits per heavy atom. The average Bonchev–Trinajstić information content (AvgIpc) is 3.79. The molecule has 3 aromatic rings. The molecule has 14 heteroatoms. The molecule has 1 aliphatic heterocycles. The number of fused-ring (bicyclic) bond motifs is 1. The number of aliphatic imine (C=N–C) groups is 1. The highest BCUT2D eigenvalue weighted by Gasteiger charge is 2.35. The molecule has 2 atom stereocenters. The fourth-order valence-corrected chi connectivity index (χ4v) is 5.83. The van der Waals surface area contributed by atoms with Crippen LogP contribution in [0.1, 0.15) is 62.0 Å². The van der Waals surface area contributed by atoms with Gasteiger partial charge in [0.05, 0.1) is 37.5 Å². The van der Waals surface area contributed by atoms with Crippen molar-refractivity contribution in [3.05, 3.63) is 71.2 Å². The van der Waals surface area contributed by atoms with E-state index in [1.54, 1.807) is 6.20 Å². The Bertz CT molecular complexity index is 1810. The molecule has 0 spiro atoms. The van der Waals surface area contributed by atoms with Crippen molar-refractivity contribution in [2.24, 2.45) is 10.9 Å². The molecule has 0 bridgehead atoms. The number of benzene rings is 2. The maximum atomic E-state index is 13.4. The predicted molar refractivity (Wildman–Crippen MR) is 199 cm³/mol. The van der Waals surface area contributed by atoms with Crippen LogP contribution in [0.2, 0.25) is 0 Å². The van der Waals surface area contributed by atoms with Crippen LogP contribution < -0.4 is 21.3 Å². The molecular weight excluding hydrogens is 664 g/mol. The molecular formula is C38H48N8O6. The Morgan fingerprint density at radius 2 is 1.75 bits per heavy atom. The maximum absolute atomic E-state index is 13.4. The molecule has 52 heavy (non-hydrogen) atoms. The normalized spacial score (nSPS) is 14.6. The van der Waals surface area contributed by atoms with Gasteiger partial charge >= 0.3 is 12.2 Å². The standard InChI is InChI=1S/C38H48N8O6/c1-25(2)35(45-38(50)52-5)36(48)46-20-8-9-29(46)22-41-32(23-39-3)28-16-13-26(14-17-28)11-12-27-15-18-30-31(21-27)44-33(43-30)10-6-7-19-40-34(47)24-42-37(49)51-4/h13-18,21,23,25,29,35,41H,3,6-10,19-20,22,24H2,1-2,4-5H3,(H,40,47)(H,42,49)(H,43,44)(H,45,50)/b32-23-. The molecule has 5 N–H and O–H groups in total. The Labute approximate surface area is 304 Å². The summed E-state index contributed by atoms with van der Waals surface area (Å²) in [4.78, 5) is 62.0. The zero-order chi connectivity index (χ0) is 37.5. The molecule has 0 aliphatic carbocycles. The Balaban J connectivity index is 1.30. The summed E-state index contributed by atoms with van der Waals surface area (Å²) < 4.78 is 9.18. The number of imidazole rings is 1. The van der Waals surface area contributed by atoms with E-state index < -0.39 is 18.2 Å². The molecule has 1 saturated heterocycles. The molecule has 1 fully saturated rings. The van der Waals surface area contributed by atoms with Crippen LogP contribution in [-0.2, 0) is 25.5 Å². The van der Waals surface area contributed by atoms with Gasteiger partial charge in [0, 0.05) is 49.4 Å². The molecule has 276 valence electrons. The molecule has 2 aromatic carbocycles. The molecule has 4 amide bonds. The van der Waals surface area contributed by atoms with E-state index in [9.17, 15) is 19.2 Å². The van der Waals surface area contributed by atoms with Crippen LogP contribution in [-0.4, -0.2) is 98.1 Å². The number of likely N-dealkylation sites (tertiary alicyclic amines) is 1. The summed E-state index contributed by atoms with van der Waals surface area (Å²) in [6, 6.07) is 13.0. The van der Waals surface area contributed by atoms with E-state index in [2.05, 4.69) is 59.5 Å². The van der Waals surface area contributed by atoms with Crippen molar-refractivity contribution in [1.82, 2.24) is 36.1 Å². The number of methoxy groups -OCH3 is 2. The molecule has 4 rings (SSSR count). The molecule has 1 aliphatic rings. The molecule has 0 saturated carbocycles. The largest absolute Gasteiger partial charge is 0.453 e. The number of amides is 4. The van der Waals surface area contributed by atoms with Crippen molar-refractivity contribution in [2.45, 2.75) is 58.0 Å². The zero-order valence-electron chi connectivity index (χ0n) is 30.2. The van der Waals surface area contributed by atoms with Gasteiger partial charge in [-0.1, -0.05) is 37.8 Å². The van der Waals surface area contributed by atoms with Crippen LogP contribution in [0.3, 0.4) is 0 Å². The van der Waals surface area contributed by atoms with Gasteiger partial charge in [0.2, 0.25) is 11.8 Å². The van der Waals surface area contributed by atoms with Gasteiger partial charge < -0.3 is 40.6 Å². The molecule has 0 radical (unpaired) electrons. The third-order valence-corrected chi connectivity index (χ3v) is 8.62. The smallest absolute Gasteiger partial charge is 0.407 e. The van der Waals surface area contributed by atoms with Crippen molar-refractivity contribution in [3.63, 3.8) is 0 Å². The molecule has 1 aromatic heterocycles. The van der Waals surface area contributed by atoms with E-state index in [1.165, 1.54) is 14.2 Å². The number of unbranched alkanes of at least 4 members (excludes halogenated alkanes) is 1. The summed E-state index contributed by atoms with van der Waals surface area (Å²) >= 11 is 0. The lowest BCUT2D eigenvalue weighted by Crippen LogP contribution is -2.53. The minimum Gasteiger partial charge on any atom is -0.453 e. The van der Waals surface area contributed by atoms with Gasteiger partial charge in [0.15, 0.2) is 0 Å². The number of nitrogens with zero attached hydrogens (tertiary/aromatic N) is 3. The number of aromatic nitrogens is 2. The summed E-state index contributed by atoms with van der Waals surface area (Å²) in [5, 5.41) is 11.3. The predicted octanol–water partition coefficient (Wildman–Crippen LogP) is 3.72. The van der Waals surface area contributed by atoms with E-state index >= 15 is 0 Å². The second-order valence-corrected chi connectivity index (χ2v) is 12.7. The topological polar surface area (TPSA) is 179 Å². The SMILES string of the molecule is C=N/C=C(\NCC1CCCN1C(=O)C(NC(=O)OC)C(C)C)c1ccc(C#Cc2ccc3nc(CCCCNC(=O)CNC(=O)OC)[nH]c3c2)cc1. The average molecular weight is 713 g/mol. The number of alkyl carbamates (subject to hydrolysis) is 2. The van der Waals surface area contributed by atoms with E-state index in [-0.39, 0.29) is 30.3 Å². The number of hydrogen-bond donors (Lipinski definition) is 5. The molecule has 2 unspecified atom stereocenters. The van der Waals surface area contributed by atoms with Gasteiger partial charge in [-0.2, -0.15) is 0 Å². The first kappa shape index (κ1) is 39.0. The lowest BCUT2D eigenvalue weighted by atomic mass is 10.0. The second kappa shape index (κ2) is 19.5. The van der Waals surface area contributed by atoms with Gasteiger partial charge in [0.25, 0.3) is 0 Å². The Kier molecular flexibility index (Phi) is 14.6. The Hall–Kier alpha value is -5.84. The number of hydrogen-bond acceptors (Lipinski definition) is 9. The minimum absolute atomic E-state index is 0.0432. The van der Waals surface area contributed by atoms with Gasteiger partial charge in [-0.3, -0.25) is 14.6 Å². The monoisotopic (exact) mass is 712 g/mol. The maximum Gasteiger partial charge on any atom is 0.407 e. The van der Waals surface area contributed by atoms with Crippen LogP contribution in [0.25, 0.3) is 16.7 Å². The van der Waals surface area contributed by atoms with Crippen LogP contribution in [0, 0.1) is 17.8 Å². The van der Waals surface area contributed by atoms with E-state index in [1.807, 2.05) is 61.2 Å². The van der Waals surface area contributed by atoms with Gasteiger partial charge in [-0.25, -0.2) is 14.6 Å². The minimum atomic E-state index is -0.666. The summed E-state index contributed by atoms with van der Waals surface area (Å²) in [7, 11) is 2.53. The number of carbonyl (C=O) groups is 4. The summed E-state index contributed by atoms with van der Waals surface area (Å²) in [5.41, 5.74) is 5.14. The van der Waals surface area contributed by atoms with E-state index in [4.69, 9.17) is 4.74 Å². The van der Waals surface area contributed by atoms with Crippen LogP contribution in [0.15, 0.2) is 53.7 Å². The lowest BCUT2D eigenvalue weighted by molar-refractivity contribution is -0.135. The summed E-state index contributed by atoms with van der Waals surface area (Å²) in [6.45, 7) is 8.95. The highest BCUT2D eigenvalue weighted by atomic mass is 16.5. The fraction of sp³-hybridized carbons (Fsp3) is 0.421. The van der Waals surface area contributed by atoms with E-state index in [0.717, 1.165) is 71.3 Å². The number of nitrogens with one attached hydrogen (secondary N) is 5. The van der Waals surface area contributed by atoms with E-state index in [0.29, 0.717) is 19.6 Å². The van der Waals surface area contributed by atoms with Crippen molar-refractivity contribution in [3.8, 4) is 11.8 Å². The number of aryl methyl sites for hydroxylation is 1. The zero-order valence-corrected chi connectivity index (χ0v) is 30.2. The number of H-pyrrole nitrogens is 1. The van der Waals surface area contributed by atoms with Crippen LogP contribution in [0.5, 0.6) is 0 Å². The fourth-order valence-electron chi connectivity index (χ4n) is 5.83. The first-order valence-electron chi connectivity index (χ1n) is 17.4. The van der Waals surface area contributed by atoms with Crippen LogP contribution in [0.4, 0.5) is 9.59 Å². The molecule has 2 heterocycles. The number of rotatable bonds is 15. The first-order valence-corrected chi connectivity index (χ1v) is 17.4. The number of carbonyl (C=O) groups excluding carboxylic acids is 4. The van der Waals surface area contributed by atoms with Gasteiger partial charge in [0.1, 0.15) is 11.9 Å². The summed E-state index contributed by atoms with van der Waals surface area (Å²) in [5.74, 6) is 6.85. The van der Waals surface area contributed by atoms with Crippen molar-refractivity contribution >= 4 is 47.4 Å². The molecule has 14 nitrogen and oxygen atoms in total. The van der Waals surface area contributed by atoms with Crippen molar-refractivity contribution in [1.29, 1.82) is 0 Å². The second-order valence-electron chi connectivity index (χ2n) is 12.7. The third kappa shape index (κ3) is 11.3. The van der Waals surface area contributed by atoms with Crippen LogP contribution >= 0.6 is 0 Å². The third-order valence-electron chi connectivity index (χ3n) is 8.62. The summed E-state index contributed by atoms with van der Waals surface area (Å²) in [6.07, 6.45) is 4.45. The van der Waals surface area contributed by atoms with Crippen molar-refractivity contribution in [2.75, 3.05) is 40.4 Å². The Morgan fingerprint density at radius 3 is 2.46 bits per heavy atom.